The number of carbonyl (C=O) groups excluding carboxylic acids is 1. The average Bonchev–Trinajstić information content (AvgIpc) is 3.12. The SMILES string of the molecule is NC(=O)c1ccc2[nH]cc(C3=CCC(NCCc4ccccn4)CC3)c2c1. The van der Waals surface area contributed by atoms with Gasteiger partial charge in [-0.1, -0.05) is 12.1 Å². The van der Waals surface area contributed by atoms with Crippen LogP contribution in [0.25, 0.3) is 16.5 Å². The molecule has 138 valence electrons. The molecule has 0 radical (unpaired) electrons. The molecule has 1 amide bonds. The maximum absolute atomic E-state index is 11.5. The van der Waals surface area contributed by atoms with Crippen molar-refractivity contribution in [3.8, 4) is 0 Å². The lowest BCUT2D eigenvalue weighted by Gasteiger charge is -2.23. The predicted molar refractivity (Wildman–Crippen MR) is 108 cm³/mol. The number of nitrogens with one attached hydrogen (secondary N) is 2. The van der Waals surface area contributed by atoms with Crippen LogP contribution < -0.4 is 11.1 Å². The normalized spacial score (nSPS) is 17.0. The molecule has 0 saturated heterocycles. The van der Waals surface area contributed by atoms with Crippen molar-refractivity contribution in [2.75, 3.05) is 6.54 Å². The van der Waals surface area contributed by atoms with Crippen LogP contribution in [0.4, 0.5) is 0 Å². The number of pyridine rings is 1. The quantitative estimate of drug-likeness (QED) is 0.630. The Labute approximate surface area is 158 Å². The van der Waals surface area contributed by atoms with Crippen molar-refractivity contribution in [1.82, 2.24) is 15.3 Å². The standard InChI is InChI=1S/C22H24N4O/c23-22(27)16-6-9-21-19(13-16)20(14-26-21)15-4-7-18(8-5-15)25-12-10-17-3-1-2-11-24-17/h1-4,6,9,11,13-14,18,25-26H,5,7-8,10,12H2,(H2,23,27). The minimum atomic E-state index is -0.390. The van der Waals surface area contributed by atoms with Gasteiger partial charge in [0.2, 0.25) is 5.91 Å². The number of carbonyl (C=O) groups is 1. The fourth-order valence-electron chi connectivity index (χ4n) is 3.75. The second kappa shape index (κ2) is 7.76. The molecule has 1 aliphatic rings. The summed E-state index contributed by atoms with van der Waals surface area (Å²) in [7, 11) is 0. The highest BCUT2D eigenvalue weighted by Crippen LogP contribution is 2.32. The molecule has 0 spiro atoms. The smallest absolute Gasteiger partial charge is 0.248 e. The van der Waals surface area contributed by atoms with Gasteiger partial charge in [-0.2, -0.15) is 0 Å². The Kier molecular flexibility index (Phi) is 5.03. The van der Waals surface area contributed by atoms with Crippen LogP contribution in [0.3, 0.4) is 0 Å². The molecular formula is C22H24N4O. The molecule has 1 atom stereocenters. The number of benzene rings is 1. The molecular weight excluding hydrogens is 336 g/mol. The van der Waals surface area contributed by atoms with Gasteiger partial charge in [-0.15, -0.1) is 0 Å². The highest BCUT2D eigenvalue weighted by atomic mass is 16.1. The van der Waals surface area contributed by atoms with E-state index in [0.717, 1.165) is 48.8 Å². The molecule has 0 aliphatic heterocycles. The predicted octanol–water partition coefficient (Wildman–Crippen LogP) is 3.43. The summed E-state index contributed by atoms with van der Waals surface area (Å²) >= 11 is 0. The highest BCUT2D eigenvalue weighted by Gasteiger charge is 2.17. The van der Waals surface area contributed by atoms with Gasteiger partial charge in [-0.05, 0) is 55.2 Å². The summed E-state index contributed by atoms with van der Waals surface area (Å²) < 4.78 is 0. The van der Waals surface area contributed by atoms with E-state index in [-0.39, 0.29) is 5.91 Å². The molecule has 0 bridgehead atoms. The topological polar surface area (TPSA) is 83.8 Å². The Hall–Kier alpha value is -2.92. The zero-order chi connectivity index (χ0) is 18.6. The molecule has 5 heteroatoms. The maximum Gasteiger partial charge on any atom is 0.248 e. The van der Waals surface area contributed by atoms with Crippen LogP contribution in [0.2, 0.25) is 0 Å². The molecule has 3 aromatic rings. The van der Waals surface area contributed by atoms with Gasteiger partial charge in [0, 0.05) is 59.1 Å². The largest absolute Gasteiger partial charge is 0.366 e. The van der Waals surface area contributed by atoms with Gasteiger partial charge in [-0.3, -0.25) is 9.78 Å². The van der Waals surface area contributed by atoms with Crippen LogP contribution in [-0.4, -0.2) is 28.5 Å². The van der Waals surface area contributed by atoms with E-state index in [9.17, 15) is 4.79 Å². The van der Waals surface area contributed by atoms with Gasteiger partial charge >= 0.3 is 0 Å². The summed E-state index contributed by atoms with van der Waals surface area (Å²) in [4.78, 5) is 19.2. The summed E-state index contributed by atoms with van der Waals surface area (Å²) in [6.45, 7) is 0.944. The Morgan fingerprint density at radius 2 is 2.22 bits per heavy atom. The minimum absolute atomic E-state index is 0.390. The molecule has 1 aliphatic carbocycles. The molecule has 27 heavy (non-hydrogen) atoms. The van der Waals surface area contributed by atoms with Crippen LogP contribution in [0.1, 0.15) is 40.9 Å². The number of nitrogens with zero attached hydrogens (tertiary/aromatic N) is 1. The average molecular weight is 360 g/mol. The monoisotopic (exact) mass is 360 g/mol. The molecule has 1 unspecified atom stereocenters. The third-order valence-corrected chi connectivity index (χ3v) is 5.26. The fraction of sp³-hybridized carbons (Fsp3) is 0.273. The van der Waals surface area contributed by atoms with Crippen molar-refractivity contribution in [1.29, 1.82) is 0 Å². The molecule has 4 rings (SSSR count). The number of aromatic amines is 1. The van der Waals surface area contributed by atoms with E-state index < -0.39 is 0 Å². The van der Waals surface area contributed by atoms with E-state index in [1.54, 1.807) is 6.07 Å². The molecule has 5 nitrogen and oxygen atoms in total. The van der Waals surface area contributed by atoms with Gasteiger partial charge < -0.3 is 16.0 Å². The third kappa shape index (κ3) is 3.93. The second-order valence-corrected chi connectivity index (χ2v) is 7.05. The first kappa shape index (κ1) is 17.5. The van der Waals surface area contributed by atoms with Gasteiger partial charge in [0.1, 0.15) is 0 Å². The second-order valence-electron chi connectivity index (χ2n) is 7.05. The molecule has 0 fully saturated rings. The van der Waals surface area contributed by atoms with Crippen LogP contribution in [0.5, 0.6) is 0 Å². The molecule has 1 aromatic carbocycles. The van der Waals surface area contributed by atoms with Gasteiger partial charge in [0.25, 0.3) is 0 Å². The zero-order valence-electron chi connectivity index (χ0n) is 15.2. The number of H-pyrrole nitrogens is 1. The summed E-state index contributed by atoms with van der Waals surface area (Å²) in [6, 6.07) is 12.1. The first-order chi connectivity index (χ1) is 13.2. The van der Waals surface area contributed by atoms with E-state index >= 15 is 0 Å². The molecule has 2 heterocycles. The Balaban J connectivity index is 1.41. The van der Waals surface area contributed by atoms with Crippen molar-refractivity contribution in [3.05, 3.63) is 71.7 Å². The maximum atomic E-state index is 11.5. The summed E-state index contributed by atoms with van der Waals surface area (Å²) in [5.41, 5.74) is 10.7. The van der Waals surface area contributed by atoms with Crippen LogP contribution in [-0.2, 0) is 6.42 Å². The molecule has 4 N–H and O–H groups in total. The van der Waals surface area contributed by atoms with Gasteiger partial charge in [0.05, 0.1) is 0 Å². The number of nitrogens with two attached hydrogens (primary N) is 1. The van der Waals surface area contributed by atoms with E-state index in [0.29, 0.717) is 11.6 Å². The van der Waals surface area contributed by atoms with Crippen LogP contribution >= 0.6 is 0 Å². The van der Waals surface area contributed by atoms with Crippen LogP contribution in [0.15, 0.2) is 54.9 Å². The zero-order valence-corrected chi connectivity index (χ0v) is 15.2. The summed E-state index contributed by atoms with van der Waals surface area (Å²) in [6.07, 6.45) is 10.3. The summed E-state index contributed by atoms with van der Waals surface area (Å²) in [5, 5.41) is 4.71. The Bertz CT molecular complexity index is 974. The molecule has 0 saturated carbocycles. The van der Waals surface area contributed by atoms with Gasteiger partial charge in [0.15, 0.2) is 0 Å². The number of aromatic nitrogens is 2. The van der Waals surface area contributed by atoms with E-state index in [2.05, 4.69) is 27.4 Å². The third-order valence-electron chi connectivity index (χ3n) is 5.26. The Morgan fingerprint density at radius 3 is 2.96 bits per heavy atom. The van der Waals surface area contributed by atoms with Crippen molar-refractivity contribution in [2.45, 2.75) is 31.7 Å². The number of amides is 1. The first-order valence-electron chi connectivity index (χ1n) is 9.44. The number of hydrogen-bond donors (Lipinski definition) is 3. The van der Waals surface area contributed by atoms with E-state index in [4.69, 9.17) is 5.73 Å². The van der Waals surface area contributed by atoms with E-state index in [1.807, 2.05) is 36.7 Å². The van der Waals surface area contributed by atoms with Gasteiger partial charge in [-0.25, -0.2) is 0 Å². The van der Waals surface area contributed by atoms with Crippen molar-refractivity contribution in [3.63, 3.8) is 0 Å². The first-order valence-corrected chi connectivity index (χ1v) is 9.44. The summed E-state index contributed by atoms with van der Waals surface area (Å²) in [5.74, 6) is -0.390. The fourth-order valence-corrected chi connectivity index (χ4v) is 3.75. The Morgan fingerprint density at radius 1 is 1.30 bits per heavy atom. The number of allylic oxidation sites excluding steroid dienone is 1. The van der Waals surface area contributed by atoms with Crippen LogP contribution in [0, 0.1) is 0 Å². The number of hydrogen-bond acceptors (Lipinski definition) is 3. The highest BCUT2D eigenvalue weighted by molar-refractivity contribution is 6.00. The number of rotatable bonds is 6. The minimum Gasteiger partial charge on any atom is -0.366 e. The lowest BCUT2D eigenvalue weighted by Crippen LogP contribution is -2.32. The molecule has 2 aromatic heterocycles. The lowest BCUT2D eigenvalue weighted by atomic mass is 9.90. The van der Waals surface area contributed by atoms with E-state index in [1.165, 1.54) is 11.1 Å². The lowest BCUT2D eigenvalue weighted by molar-refractivity contribution is 0.100. The van der Waals surface area contributed by atoms with Crippen molar-refractivity contribution in [2.24, 2.45) is 5.73 Å². The number of fused-ring (bicyclic) bond motifs is 1. The van der Waals surface area contributed by atoms with Crippen molar-refractivity contribution >= 4 is 22.4 Å². The van der Waals surface area contributed by atoms with Crippen molar-refractivity contribution < 1.29 is 4.79 Å². The number of primary amides is 1.